The molecule has 96 valence electrons. The average Bonchev–Trinajstić information content (AvgIpc) is 2.26. The summed E-state index contributed by atoms with van der Waals surface area (Å²) in [6.45, 7) is 9.47. The molecule has 2 atom stereocenters. The summed E-state index contributed by atoms with van der Waals surface area (Å²) < 4.78 is 0. The van der Waals surface area contributed by atoms with Crippen LogP contribution < -0.4 is 0 Å². The maximum Gasteiger partial charge on any atom is 0.00603 e. The zero-order chi connectivity index (χ0) is 12.4. The van der Waals surface area contributed by atoms with E-state index >= 15 is 0 Å². The molecule has 0 saturated carbocycles. The molecule has 3 heteroatoms. The molecular formula is C13H26IPS. The molecule has 0 aliphatic rings. The summed E-state index contributed by atoms with van der Waals surface area (Å²) in [4.78, 5) is 0. The lowest BCUT2D eigenvalue weighted by Crippen LogP contribution is -2.20. The molecule has 0 heterocycles. The summed E-state index contributed by atoms with van der Waals surface area (Å²) in [5.41, 5.74) is 0. The predicted molar refractivity (Wildman–Crippen MR) is 90.8 cm³/mol. The van der Waals surface area contributed by atoms with Crippen molar-refractivity contribution in [2.45, 2.75) is 59.8 Å². The molecule has 2 unspecified atom stereocenters. The van der Waals surface area contributed by atoms with Crippen molar-refractivity contribution in [1.29, 1.82) is 0 Å². The Hall–Kier alpha value is 1.25. The third-order valence-corrected chi connectivity index (χ3v) is 6.61. The van der Waals surface area contributed by atoms with Gasteiger partial charge in [0.2, 0.25) is 0 Å². The minimum Gasteiger partial charge on any atom is -0.0654 e. The van der Waals surface area contributed by atoms with Crippen molar-refractivity contribution in [2.24, 2.45) is 17.8 Å². The maximum atomic E-state index is 2.42. The van der Waals surface area contributed by atoms with Gasteiger partial charge in [0.25, 0.3) is 0 Å². The fraction of sp³-hybridized carbons (Fsp3) is 0.923. The maximum absolute atomic E-state index is 2.42. The molecule has 0 rings (SSSR count). The fourth-order valence-electron chi connectivity index (χ4n) is 2.55. The van der Waals surface area contributed by atoms with Crippen molar-refractivity contribution in [3.05, 3.63) is 0 Å². The van der Waals surface area contributed by atoms with Crippen LogP contribution in [0.2, 0.25) is 0 Å². The van der Waals surface area contributed by atoms with Gasteiger partial charge in [0.1, 0.15) is 0 Å². The fourth-order valence-corrected chi connectivity index (χ4v) is 4.80. The van der Waals surface area contributed by atoms with Gasteiger partial charge >= 0.3 is 0 Å². The van der Waals surface area contributed by atoms with Gasteiger partial charge in [-0.15, -0.1) is 0 Å². The van der Waals surface area contributed by atoms with Gasteiger partial charge in [-0.3, -0.25) is 0 Å². The van der Waals surface area contributed by atoms with Crippen LogP contribution in [0.1, 0.15) is 59.8 Å². The van der Waals surface area contributed by atoms with Crippen LogP contribution in [0.4, 0.5) is 0 Å². The second-order valence-electron chi connectivity index (χ2n) is 4.80. The summed E-state index contributed by atoms with van der Waals surface area (Å²) in [5.74, 6) is 5.14. The molecule has 0 aliphatic heterocycles. The van der Waals surface area contributed by atoms with Crippen LogP contribution in [-0.4, -0.2) is 5.80 Å². The zero-order valence-electron chi connectivity index (χ0n) is 11.1. The largest absolute Gasteiger partial charge is 0.0654 e. The topological polar surface area (TPSA) is 0 Å². The first-order valence-electron chi connectivity index (χ1n) is 6.46. The molecule has 0 aliphatic carbocycles. The highest BCUT2D eigenvalue weighted by atomic mass is 127. The number of hydrogen-bond acceptors (Lipinski definition) is 1. The monoisotopic (exact) mass is 372 g/mol. The summed E-state index contributed by atoms with van der Waals surface area (Å²) in [6.07, 6.45) is 6.79. The summed E-state index contributed by atoms with van der Waals surface area (Å²) in [7, 11) is 3.30. The van der Waals surface area contributed by atoms with E-state index in [1.165, 1.54) is 39.5 Å². The van der Waals surface area contributed by atoms with E-state index in [1.54, 1.807) is 0 Å². The van der Waals surface area contributed by atoms with E-state index in [4.69, 9.17) is 0 Å². The van der Waals surface area contributed by atoms with Crippen LogP contribution in [0, 0.1) is 17.8 Å². The van der Waals surface area contributed by atoms with Crippen molar-refractivity contribution in [2.75, 3.05) is 0 Å². The molecule has 0 aromatic heterocycles. The standard InChI is InChI=1S/C13H26IPS/c1-5-8-12(6-2)13(11(3)4)9-7-10-15-16-14/h10-13H,5-9H2,1-4H3. The molecule has 16 heavy (non-hydrogen) atoms. The van der Waals surface area contributed by atoms with Gasteiger partial charge in [0.15, 0.2) is 0 Å². The van der Waals surface area contributed by atoms with E-state index in [1.807, 2.05) is 8.55 Å². The first kappa shape index (κ1) is 17.2. The molecule has 0 spiro atoms. The van der Waals surface area contributed by atoms with E-state index in [2.05, 4.69) is 54.7 Å². The Kier molecular flexibility index (Phi) is 12.2. The predicted octanol–water partition coefficient (Wildman–Crippen LogP) is 6.61. The number of rotatable bonds is 9. The van der Waals surface area contributed by atoms with Crippen LogP contribution in [-0.2, 0) is 0 Å². The molecule has 0 saturated heterocycles. The highest BCUT2D eigenvalue weighted by molar-refractivity contribution is 14.2. The first-order valence-corrected chi connectivity index (χ1v) is 11.4. The van der Waals surface area contributed by atoms with Gasteiger partial charge in [0.05, 0.1) is 0 Å². The quantitative estimate of drug-likeness (QED) is 0.324. The van der Waals surface area contributed by atoms with Crippen LogP contribution in [0.15, 0.2) is 0 Å². The second kappa shape index (κ2) is 11.3. The Morgan fingerprint density at radius 2 is 1.94 bits per heavy atom. The van der Waals surface area contributed by atoms with E-state index in [0.717, 1.165) is 17.8 Å². The first-order chi connectivity index (χ1) is 7.67. The van der Waals surface area contributed by atoms with Crippen LogP contribution in [0.3, 0.4) is 0 Å². The minimum atomic E-state index is 0.842. The number of halogens is 1. The van der Waals surface area contributed by atoms with Crippen molar-refractivity contribution < 1.29 is 0 Å². The van der Waals surface area contributed by atoms with Crippen LogP contribution in [0.25, 0.3) is 0 Å². The minimum absolute atomic E-state index is 0.842. The van der Waals surface area contributed by atoms with Gasteiger partial charge in [-0.2, -0.15) is 0 Å². The molecule has 0 amide bonds. The Labute approximate surface area is 120 Å². The third kappa shape index (κ3) is 7.55. The van der Waals surface area contributed by atoms with E-state index in [-0.39, 0.29) is 0 Å². The normalized spacial score (nSPS) is 15.9. The summed E-state index contributed by atoms with van der Waals surface area (Å²) >= 11 is 2.37. The second-order valence-corrected chi connectivity index (χ2v) is 10.1. The zero-order valence-corrected chi connectivity index (χ0v) is 14.9. The molecule has 0 aromatic rings. The molecule has 0 bridgehead atoms. The molecule has 0 N–H and O–H groups in total. The lowest BCUT2D eigenvalue weighted by Gasteiger charge is -2.29. The lowest BCUT2D eigenvalue weighted by molar-refractivity contribution is 0.221. The van der Waals surface area contributed by atoms with Crippen LogP contribution in [0.5, 0.6) is 0 Å². The van der Waals surface area contributed by atoms with Crippen molar-refractivity contribution in [3.63, 3.8) is 0 Å². The Bertz CT molecular complexity index is 183. The number of hydrogen-bond donors (Lipinski definition) is 0. The van der Waals surface area contributed by atoms with Gasteiger partial charge in [0, 0.05) is 21.2 Å². The third-order valence-electron chi connectivity index (χ3n) is 3.39. The summed E-state index contributed by atoms with van der Waals surface area (Å²) in [6, 6.07) is 0. The van der Waals surface area contributed by atoms with Gasteiger partial charge in [-0.1, -0.05) is 47.0 Å². The van der Waals surface area contributed by atoms with Gasteiger partial charge in [-0.25, -0.2) is 0 Å². The van der Waals surface area contributed by atoms with Crippen molar-refractivity contribution in [3.8, 4) is 0 Å². The lowest BCUT2D eigenvalue weighted by atomic mass is 9.77. The molecular weight excluding hydrogens is 346 g/mol. The molecule has 0 aromatic carbocycles. The van der Waals surface area contributed by atoms with Crippen molar-refractivity contribution in [1.82, 2.24) is 0 Å². The Morgan fingerprint density at radius 1 is 1.25 bits per heavy atom. The van der Waals surface area contributed by atoms with Gasteiger partial charge < -0.3 is 0 Å². The van der Waals surface area contributed by atoms with E-state index in [9.17, 15) is 0 Å². The smallest absolute Gasteiger partial charge is 0.00603 e. The van der Waals surface area contributed by atoms with E-state index in [0.29, 0.717) is 0 Å². The Balaban J connectivity index is 4.18. The Morgan fingerprint density at radius 3 is 2.38 bits per heavy atom. The van der Waals surface area contributed by atoms with Crippen LogP contribution >= 0.6 is 37.2 Å². The highest BCUT2D eigenvalue weighted by Gasteiger charge is 2.21. The SMILES string of the molecule is CCCC(CC)C(CCC=PSI)C(C)C. The average molecular weight is 372 g/mol. The molecule has 0 radical (unpaired) electrons. The highest BCUT2D eigenvalue weighted by Crippen LogP contribution is 2.32. The van der Waals surface area contributed by atoms with E-state index < -0.39 is 0 Å². The molecule has 0 fully saturated rings. The molecule has 0 nitrogen and oxygen atoms in total. The van der Waals surface area contributed by atoms with Gasteiger partial charge in [-0.05, 0) is 52.4 Å². The summed E-state index contributed by atoms with van der Waals surface area (Å²) in [5, 5.41) is 0. The van der Waals surface area contributed by atoms with Crippen molar-refractivity contribution >= 4 is 43.0 Å².